The zero-order chi connectivity index (χ0) is 7.61. The van der Waals surface area contributed by atoms with E-state index in [0.717, 1.165) is 5.41 Å². The zero-order valence-corrected chi connectivity index (χ0v) is 7.19. The van der Waals surface area contributed by atoms with Crippen LogP contribution in [0.5, 0.6) is 0 Å². The maximum Gasteiger partial charge on any atom is 0.00443 e. The molecule has 1 spiro atoms. The summed E-state index contributed by atoms with van der Waals surface area (Å²) in [5.74, 6) is 0. The molecule has 2 saturated carbocycles. The molecular formula is C9H19N. The van der Waals surface area contributed by atoms with Gasteiger partial charge in [0.2, 0.25) is 0 Å². The quantitative estimate of drug-likeness (QED) is 0.550. The Labute approximate surface area is 64.0 Å². The SMILES string of the molecule is CC.NC1CCC2(CC2)C1. The van der Waals surface area contributed by atoms with E-state index in [1.807, 2.05) is 13.8 Å². The summed E-state index contributed by atoms with van der Waals surface area (Å²) >= 11 is 0. The first-order valence-electron chi connectivity index (χ1n) is 4.56. The molecule has 0 radical (unpaired) electrons. The second-order valence-corrected chi connectivity index (χ2v) is 3.50. The molecule has 2 N–H and O–H groups in total. The van der Waals surface area contributed by atoms with Crippen molar-refractivity contribution in [2.75, 3.05) is 0 Å². The summed E-state index contributed by atoms with van der Waals surface area (Å²) in [5.41, 5.74) is 6.54. The van der Waals surface area contributed by atoms with Crippen LogP contribution in [0.15, 0.2) is 0 Å². The van der Waals surface area contributed by atoms with Gasteiger partial charge in [-0.25, -0.2) is 0 Å². The molecule has 0 aromatic heterocycles. The Morgan fingerprint density at radius 2 is 1.80 bits per heavy atom. The van der Waals surface area contributed by atoms with Crippen molar-refractivity contribution in [1.82, 2.24) is 0 Å². The van der Waals surface area contributed by atoms with E-state index in [9.17, 15) is 0 Å². The number of nitrogens with two attached hydrogens (primary N) is 1. The third kappa shape index (κ3) is 1.51. The van der Waals surface area contributed by atoms with Crippen LogP contribution in [0, 0.1) is 5.41 Å². The van der Waals surface area contributed by atoms with Crippen LogP contribution in [0.4, 0.5) is 0 Å². The van der Waals surface area contributed by atoms with E-state index in [0.29, 0.717) is 6.04 Å². The van der Waals surface area contributed by atoms with Gasteiger partial charge in [-0.2, -0.15) is 0 Å². The van der Waals surface area contributed by atoms with Crippen molar-refractivity contribution < 1.29 is 0 Å². The van der Waals surface area contributed by atoms with E-state index in [2.05, 4.69) is 0 Å². The average Bonchev–Trinajstić information content (AvgIpc) is 2.60. The molecule has 60 valence electrons. The van der Waals surface area contributed by atoms with Gasteiger partial charge < -0.3 is 5.73 Å². The first kappa shape index (κ1) is 8.06. The Balaban J connectivity index is 0.000000231. The number of hydrogen-bond acceptors (Lipinski definition) is 1. The topological polar surface area (TPSA) is 26.0 Å². The minimum absolute atomic E-state index is 0.553. The lowest BCUT2D eigenvalue weighted by atomic mass is 10.1. The lowest BCUT2D eigenvalue weighted by Crippen LogP contribution is -2.14. The largest absolute Gasteiger partial charge is 0.328 e. The molecule has 0 aliphatic heterocycles. The molecule has 0 amide bonds. The second-order valence-electron chi connectivity index (χ2n) is 3.50. The van der Waals surface area contributed by atoms with Crippen molar-refractivity contribution in [2.45, 2.75) is 52.0 Å². The van der Waals surface area contributed by atoms with Crippen LogP contribution < -0.4 is 5.73 Å². The Bertz CT molecular complexity index is 105. The minimum Gasteiger partial charge on any atom is -0.328 e. The molecule has 2 rings (SSSR count). The van der Waals surface area contributed by atoms with Gasteiger partial charge in [0.25, 0.3) is 0 Å². The van der Waals surface area contributed by atoms with Gasteiger partial charge in [0.05, 0.1) is 0 Å². The van der Waals surface area contributed by atoms with Gasteiger partial charge in [-0.1, -0.05) is 13.8 Å². The van der Waals surface area contributed by atoms with E-state index in [-0.39, 0.29) is 0 Å². The van der Waals surface area contributed by atoms with Crippen molar-refractivity contribution in [3.05, 3.63) is 0 Å². The van der Waals surface area contributed by atoms with Crippen LogP contribution in [0.2, 0.25) is 0 Å². The van der Waals surface area contributed by atoms with Crippen molar-refractivity contribution >= 4 is 0 Å². The lowest BCUT2D eigenvalue weighted by Gasteiger charge is -2.01. The summed E-state index contributed by atoms with van der Waals surface area (Å²) in [5, 5.41) is 0. The summed E-state index contributed by atoms with van der Waals surface area (Å²) in [6.45, 7) is 4.00. The molecule has 0 bridgehead atoms. The first-order chi connectivity index (χ1) is 4.81. The highest BCUT2D eigenvalue weighted by Crippen LogP contribution is 2.57. The van der Waals surface area contributed by atoms with Crippen LogP contribution in [0.25, 0.3) is 0 Å². The predicted molar refractivity (Wildman–Crippen MR) is 44.8 cm³/mol. The van der Waals surface area contributed by atoms with E-state index >= 15 is 0 Å². The summed E-state index contributed by atoms with van der Waals surface area (Å²) < 4.78 is 0. The molecule has 1 nitrogen and oxygen atoms in total. The highest BCUT2D eigenvalue weighted by atomic mass is 14.7. The van der Waals surface area contributed by atoms with Crippen molar-refractivity contribution in [1.29, 1.82) is 0 Å². The van der Waals surface area contributed by atoms with Gasteiger partial charge in [0.15, 0.2) is 0 Å². The highest BCUT2D eigenvalue weighted by molar-refractivity contribution is 5.00. The third-order valence-corrected chi connectivity index (χ3v) is 2.70. The second kappa shape index (κ2) is 2.91. The molecular weight excluding hydrogens is 122 g/mol. The normalized spacial score (nSPS) is 33.3. The van der Waals surface area contributed by atoms with Crippen LogP contribution in [-0.4, -0.2) is 6.04 Å². The molecule has 2 aliphatic carbocycles. The van der Waals surface area contributed by atoms with E-state index < -0.39 is 0 Å². The standard InChI is InChI=1S/C7H13N.C2H6/c8-6-1-2-7(5-6)3-4-7;1-2/h6H,1-5,8H2;1-2H3. The Morgan fingerprint density at radius 1 is 1.20 bits per heavy atom. The van der Waals surface area contributed by atoms with Crippen LogP contribution in [0.1, 0.15) is 46.0 Å². The molecule has 0 saturated heterocycles. The molecule has 0 aromatic rings. The molecule has 0 aromatic carbocycles. The maximum absolute atomic E-state index is 5.75. The van der Waals surface area contributed by atoms with Crippen molar-refractivity contribution in [3.63, 3.8) is 0 Å². The van der Waals surface area contributed by atoms with Crippen LogP contribution in [-0.2, 0) is 0 Å². The summed E-state index contributed by atoms with van der Waals surface area (Å²) in [4.78, 5) is 0. The van der Waals surface area contributed by atoms with Crippen molar-refractivity contribution in [3.8, 4) is 0 Å². The molecule has 0 heterocycles. The van der Waals surface area contributed by atoms with E-state index in [1.54, 1.807) is 0 Å². The fourth-order valence-corrected chi connectivity index (χ4v) is 1.88. The Hall–Kier alpha value is -0.0400. The average molecular weight is 141 g/mol. The van der Waals surface area contributed by atoms with Gasteiger partial charge in [0, 0.05) is 6.04 Å². The van der Waals surface area contributed by atoms with Crippen LogP contribution in [0.3, 0.4) is 0 Å². The lowest BCUT2D eigenvalue weighted by molar-refractivity contribution is 0.523. The van der Waals surface area contributed by atoms with E-state index in [1.165, 1.54) is 32.1 Å². The Kier molecular flexibility index (Phi) is 2.35. The smallest absolute Gasteiger partial charge is 0.00443 e. The van der Waals surface area contributed by atoms with Crippen molar-refractivity contribution in [2.24, 2.45) is 11.1 Å². The molecule has 1 heteroatoms. The molecule has 2 fully saturated rings. The van der Waals surface area contributed by atoms with Gasteiger partial charge in [-0.05, 0) is 37.5 Å². The predicted octanol–water partition coefficient (Wildman–Crippen LogP) is 2.30. The van der Waals surface area contributed by atoms with E-state index in [4.69, 9.17) is 5.73 Å². The number of hydrogen-bond donors (Lipinski definition) is 1. The van der Waals surface area contributed by atoms with Gasteiger partial charge in [0.1, 0.15) is 0 Å². The summed E-state index contributed by atoms with van der Waals surface area (Å²) in [6.07, 6.45) is 6.99. The summed E-state index contributed by atoms with van der Waals surface area (Å²) in [6, 6.07) is 0.553. The highest BCUT2D eigenvalue weighted by Gasteiger charge is 2.46. The Morgan fingerprint density at radius 3 is 2.00 bits per heavy atom. The summed E-state index contributed by atoms with van der Waals surface area (Å²) in [7, 11) is 0. The van der Waals surface area contributed by atoms with Gasteiger partial charge >= 0.3 is 0 Å². The number of rotatable bonds is 0. The van der Waals surface area contributed by atoms with Crippen LogP contribution >= 0.6 is 0 Å². The molecule has 1 atom stereocenters. The molecule has 10 heavy (non-hydrogen) atoms. The minimum atomic E-state index is 0.553. The maximum atomic E-state index is 5.75. The molecule has 2 aliphatic rings. The van der Waals surface area contributed by atoms with Gasteiger partial charge in [-0.3, -0.25) is 0 Å². The molecule has 1 unspecified atom stereocenters. The van der Waals surface area contributed by atoms with Gasteiger partial charge in [-0.15, -0.1) is 0 Å². The zero-order valence-electron chi connectivity index (χ0n) is 7.19. The fraction of sp³-hybridized carbons (Fsp3) is 1.00. The first-order valence-corrected chi connectivity index (χ1v) is 4.56. The monoisotopic (exact) mass is 141 g/mol. The third-order valence-electron chi connectivity index (χ3n) is 2.70. The fourth-order valence-electron chi connectivity index (χ4n) is 1.88.